The highest BCUT2D eigenvalue weighted by Crippen LogP contribution is 2.64. The Balaban J connectivity index is 1.73. The molecule has 2 heteroatoms. The minimum atomic E-state index is 0.323. The Bertz CT molecular complexity index is 656. The van der Waals surface area contributed by atoms with E-state index < -0.39 is 0 Å². The zero-order chi connectivity index (χ0) is 15.9. The van der Waals surface area contributed by atoms with Gasteiger partial charge < -0.3 is 4.74 Å². The average Bonchev–Trinajstić information content (AvgIpc) is 3.17. The van der Waals surface area contributed by atoms with Gasteiger partial charge in [0.25, 0.3) is 0 Å². The molecule has 1 aliphatic carbocycles. The monoisotopic (exact) mass is 307 g/mol. The number of benzene rings is 2. The standard InChI is InChI=1S/C21H25NO/c1-21-14-18(21)13-19(16-9-5-3-6-10-16)22(21)20(15-23-2)17-11-7-4-8-12-17/h3-12,18-20H,13-15H2,1-2H3/t18-,19-,20+,21+/m1/s1. The van der Waals surface area contributed by atoms with Crippen LogP contribution in [-0.4, -0.2) is 24.2 Å². The van der Waals surface area contributed by atoms with Crippen molar-refractivity contribution in [2.75, 3.05) is 13.7 Å². The molecule has 1 aliphatic heterocycles. The summed E-state index contributed by atoms with van der Waals surface area (Å²) in [6.45, 7) is 3.18. The van der Waals surface area contributed by atoms with Gasteiger partial charge in [0.1, 0.15) is 0 Å². The molecule has 0 unspecified atom stereocenters. The fraction of sp³-hybridized carbons (Fsp3) is 0.429. The Hall–Kier alpha value is -1.64. The Morgan fingerprint density at radius 1 is 1.09 bits per heavy atom. The second kappa shape index (κ2) is 5.77. The molecule has 2 fully saturated rings. The molecule has 4 atom stereocenters. The van der Waals surface area contributed by atoms with Crippen LogP contribution in [0.4, 0.5) is 0 Å². The number of fused-ring (bicyclic) bond motifs is 1. The molecule has 2 aromatic carbocycles. The van der Waals surface area contributed by atoms with E-state index in [0.29, 0.717) is 17.6 Å². The fourth-order valence-corrected chi connectivity index (χ4v) is 4.55. The van der Waals surface area contributed by atoms with Crippen molar-refractivity contribution in [2.24, 2.45) is 5.92 Å². The zero-order valence-corrected chi connectivity index (χ0v) is 14.0. The van der Waals surface area contributed by atoms with Gasteiger partial charge in [-0.2, -0.15) is 0 Å². The first-order valence-electron chi connectivity index (χ1n) is 8.61. The number of hydrogen-bond acceptors (Lipinski definition) is 2. The molecule has 120 valence electrons. The van der Waals surface area contributed by atoms with Crippen LogP contribution >= 0.6 is 0 Å². The highest BCUT2D eigenvalue weighted by Gasteiger charge is 2.63. The largest absolute Gasteiger partial charge is 0.383 e. The number of hydrogen-bond donors (Lipinski definition) is 0. The zero-order valence-electron chi connectivity index (χ0n) is 14.0. The molecule has 0 aromatic heterocycles. The van der Waals surface area contributed by atoms with E-state index in [-0.39, 0.29) is 0 Å². The predicted molar refractivity (Wildman–Crippen MR) is 93.2 cm³/mol. The molecule has 1 saturated heterocycles. The molecular weight excluding hydrogens is 282 g/mol. The Morgan fingerprint density at radius 3 is 2.39 bits per heavy atom. The number of ether oxygens (including phenoxy) is 1. The van der Waals surface area contributed by atoms with Crippen molar-refractivity contribution in [3.8, 4) is 0 Å². The average molecular weight is 307 g/mol. The highest BCUT2D eigenvalue weighted by molar-refractivity contribution is 5.30. The lowest BCUT2D eigenvalue weighted by Crippen LogP contribution is -2.40. The van der Waals surface area contributed by atoms with Crippen molar-refractivity contribution in [3.05, 3.63) is 71.8 Å². The molecular formula is C21H25NO. The lowest BCUT2D eigenvalue weighted by atomic mass is 9.98. The van der Waals surface area contributed by atoms with Gasteiger partial charge in [-0.3, -0.25) is 4.90 Å². The molecule has 1 saturated carbocycles. The van der Waals surface area contributed by atoms with Crippen LogP contribution in [0.5, 0.6) is 0 Å². The Morgan fingerprint density at radius 2 is 1.74 bits per heavy atom. The van der Waals surface area contributed by atoms with E-state index in [4.69, 9.17) is 4.74 Å². The molecule has 0 amide bonds. The molecule has 2 aromatic rings. The maximum absolute atomic E-state index is 5.63. The summed E-state index contributed by atoms with van der Waals surface area (Å²) in [5.74, 6) is 0.829. The van der Waals surface area contributed by atoms with E-state index in [1.165, 1.54) is 24.0 Å². The number of piperidine rings is 1. The van der Waals surface area contributed by atoms with Crippen molar-refractivity contribution < 1.29 is 4.74 Å². The third-order valence-electron chi connectivity index (χ3n) is 5.84. The minimum absolute atomic E-state index is 0.323. The molecule has 4 rings (SSSR count). The van der Waals surface area contributed by atoms with Gasteiger partial charge in [0, 0.05) is 18.7 Å². The van der Waals surface area contributed by atoms with Crippen molar-refractivity contribution in [1.29, 1.82) is 0 Å². The molecule has 2 aliphatic rings. The normalized spacial score (nSPS) is 30.9. The first-order chi connectivity index (χ1) is 11.2. The summed E-state index contributed by atoms with van der Waals surface area (Å²) in [5.41, 5.74) is 3.14. The van der Waals surface area contributed by atoms with Crippen molar-refractivity contribution in [3.63, 3.8) is 0 Å². The van der Waals surface area contributed by atoms with E-state index in [1.54, 1.807) is 0 Å². The van der Waals surface area contributed by atoms with Crippen LogP contribution in [0, 0.1) is 5.92 Å². The van der Waals surface area contributed by atoms with Gasteiger partial charge in [-0.25, -0.2) is 0 Å². The van der Waals surface area contributed by atoms with E-state index in [2.05, 4.69) is 72.5 Å². The molecule has 0 bridgehead atoms. The summed E-state index contributed by atoms with van der Waals surface area (Å²) in [5, 5.41) is 0. The highest BCUT2D eigenvalue weighted by atomic mass is 16.5. The van der Waals surface area contributed by atoms with Crippen LogP contribution < -0.4 is 0 Å². The number of nitrogens with zero attached hydrogens (tertiary/aromatic N) is 1. The fourth-order valence-electron chi connectivity index (χ4n) is 4.55. The Labute approximate surface area is 139 Å². The quantitative estimate of drug-likeness (QED) is 0.800. The summed E-state index contributed by atoms with van der Waals surface area (Å²) < 4.78 is 5.63. The maximum atomic E-state index is 5.63. The van der Waals surface area contributed by atoms with Crippen LogP contribution in [0.25, 0.3) is 0 Å². The molecule has 0 spiro atoms. The molecule has 23 heavy (non-hydrogen) atoms. The second-order valence-corrected chi connectivity index (χ2v) is 7.21. The van der Waals surface area contributed by atoms with Gasteiger partial charge in [0.2, 0.25) is 0 Å². The summed E-state index contributed by atoms with van der Waals surface area (Å²) in [6.07, 6.45) is 2.59. The van der Waals surface area contributed by atoms with Crippen LogP contribution in [0.3, 0.4) is 0 Å². The van der Waals surface area contributed by atoms with Gasteiger partial charge in [-0.1, -0.05) is 60.7 Å². The lowest BCUT2D eigenvalue weighted by molar-refractivity contribution is 0.0393. The van der Waals surface area contributed by atoms with Gasteiger partial charge >= 0.3 is 0 Å². The number of likely N-dealkylation sites (tertiary alicyclic amines) is 1. The van der Waals surface area contributed by atoms with E-state index >= 15 is 0 Å². The third kappa shape index (κ3) is 2.50. The van der Waals surface area contributed by atoms with Crippen molar-refractivity contribution in [2.45, 2.75) is 37.4 Å². The van der Waals surface area contributed by atoms with Gasteiger partial charge in [0.15, 0.2) is 0 Å². The summed E-state index contributed by atoms with van der Waals surface area (Å²) in [4.78, 5) is 2.74. The molecule has 1 heterocycles. The van der Waals surface area contributed by atoms with Crippen LogP contribution in [0.2, 0.25) is 0 Å². The van der Waals surface area contributed by atoms with Crippen molar-refractivity contribution >= 4 is 0 Å². The van der Waals surface area contributed by atoms with Crippen LogP contribution in [0.15, 0.2) is 60.7 Å². The van der Waals surface area contributed by atoms with E-state index in [1.807, 2.05) is 7.11 Å². The first kappa shape index (κ1) is 14.9. The summed E-state index contributed by atoms with van der Waals surface area (Å²) in [6, 6.07) is 22.7. The van der Waals surface area contributed by atoms with Crippen LogP contribution in [-0.2, 0) is 4.74 Å². The van der Waals surface area contributed by atoms with Gasteiger partial charge in [-0.05, 0) is 36.8 Å². The molecule has 2 nitrogen and oxygen atoms in total. The third-order valence-corrected chi connectivity index (χ3v) is 5.84. The number of rotatable bonds is 5. The second-order valence-electron chi connectivity index (χ2n) is 7.21. The minimum Gasteiger partial charge on any atom is -0.383 e. The van der Waals surface area contributed by atoms with Gasteiger partial charge in [0.05, 0.1) is 12.6 Å². The lowest BCUT2D eigenvalue weighted by Gasteiger charge is -2.39. The van der Waals surface area contributed by atoms with E-state index in [0.717, 1.165) is 12.5 Å². The number of methoxy groups -OCH3 is 1. The SMILES string of the molecule is COC[C@@H](c1ccccc1)N1[C@@H](c2ccccc2)C[C@@H]2C[C@@]21C. The smallest absolute Gasteiger partial charge is 0.0660 e. The van der Waals surface area contributed by atoms with Crippen molar-refractivity contribution in [1.82, 2.24) is 4.90 Å². The van der Waals surface area contributed by atoms with Gasteiger partial charge in [-0.15, -0.1) is 0 Å². The topological polar surface area (TPSA) is 12.5 Å². The predicted octanol–water partition coefficient (Wildman–Crippen LogP) is 4.60. The molecule has 0 N–H and O–H groups in total. The maximum Gasteiger partial charge on any atom is 0.0660 e. The van der Waals surface area contributed by atoms with Crippen LogP contribution in [0.1, 0.15) is 43.0 Å². The molecule has 0 radical (unpaired) electrons. The summed E-state index contributed by atoms with van der Waals surface area (Å²) >= 11 is 0. The first-order valence-corrected chi connectivity index (χ1v) is 8.61. The summed E-state index contributed by atoms with van der Waals surface area (Å²) in [7, 11) is 1.82. The Kier molecular flexibility index (Phi) is 3.74. The van der Waals surface area contributed by atoms with E-state index in [9.17, 15) is 0 Å².